The zero-order chi connectivity index (χ0) is 10.9. The third-order valence-electron chi connectivity index (χ3n) is 3.11. The minimum absolute atomic E-state index is 0.278. The Morgan fingerprint density at radius 1 is 1.47 bits per heavy atom. The molecule has 2 rings (SSSR count). The van der Waals surface area contributed by atoms with Crippen molar-refractivity contribution in [3.8, 4) is 0 Å². The van der Waals surface area contributed by atoms with Crippen LogP contribution >= 0.6 is 0 Å². The maximum absolute atomic E-state index is 11.5. The monoisotopic (exact) mass is 234 g/mol. The Morgan fingerprint density at radius 2 is 2.27 bits per heavy atom. The van der Waals surface area contributed by atoms with Crippen molar-refractivity contribution in [2.24, 2.45) is 0 Å². The molecule has 2 aliphatic heterocycles. The van der Waals surface area contributed by atoms with Crippen LogP contribution in [0.3, 0.4) is 0 Å². The van der Waals surface area contributed by atoms with Gasteiger partial charge in [0.25, 0.3) is 0 Å². The van der Waals surface area contributed by atoms with E-state index in [1.54, 1.807) is 0 Å². The smallest absolute Gasteiger partial charge is 0.211 e. The fourth-order valence-electron chi connectivity index (χ4n) is 2.31. The Hall–Kier alpha value is -0.170. The van der Waals surface area contributed by atoms with E-state index in [1.807, 2.05) is 0 Å². The maximum Gasteiger partial charge on any atom is 0.211 e. The normalized spacial score (nSPS) is 34.5. The average molecular weight is 234 g/mol. The first-order chi connectivity index (χ1) is 7.02. The molecule has 2 saturated heterocycles. The van der Waals surface area contributed by atoms with Crippen LogP contribution in [0.2, 0.25) is 0 Å². The molecule has 0 aromatic heterocycles. The van der Waals surface area contributed by atoms with Gasteiger partial charge >= 0.3 is 0 Å². The van der Waals surface area contributed by atoms with E-state index in [1.165, 1.54) is 10.6 Å². The maximum atomic E-state index is 11.5. The standard InChI is InChI=1S/C9H18N2O3S/c1-15(12,13)11-5-2-3-9(8-11)7-10-4-6-14-9/h10H,2-8H2,1H3. The zero-order valence-corrected chi connectivity index (χ0v) is 9.85. The fourth-order valence-corrected chi connectivity index (χ4v) is 3.24. The highest BCUT2D eigenvalue weighted by Crippen LogP contribution is 2.27. The summed E-state index contributed by atoms with van der Waals surface area (Å²) in [5, 5.41) is 3.27. The van der Waals surface area contributed by atoms with Gasteiger partial charge in [-0.3, -0.25) is 0 Å². The molecule has 5 nitrogen and oxygen atoms in total. The van der Waals surface area contributed by atoms with Crippen molar-refractivity contribution in [1.82, 2.24) is 9.62 Å². The van der Waals surface area contributed by atoms with Gasteiger partial charge in [0.15, 0.2) is 0 Å². The van der Waals surface area contributed by atoms with Crippen LogP contribution < -0.4 is 5.32 Å². The molecule has 0 aromatic carbocycles. The lowest BCUT2D eigenvalue weighted by molar-refractivity contribution is -0.0922. The van der Waals surface area contributed by atoms with Gasteiger partial charge in [0.05, 0.1) is 18.5 Å². The van der Waals surface area contributed by atoms with Gasteiger partial charge in [-0.05, 0) is 12.8 Å². The molecule has 0 saturated carbocycles. The van der Waals surface area contributed by atoms with Crippen LogP contribution in [-0.2, 0) is 14.8 Å². The summed E-state index contributed by atoms with van der Waals surface area (Å²) in [5.74, 6) is 0. The third kappa shape index (κ3) is 2.50. The van der Waals surface area contributed by atoms with E-state index in [0.717, 1.165) is 25.9 Å². The molecule has 2 heterocycles. The van der Waals surface area contributed by atoms with Crippen LogP contribution in [0.4, 0.5) is 0 Å². The Balaban J connectivity index is 2.09. The second-order valence-electron chi connectivity index (χ2n) is 4.41. The van der Waals surface area contributed by atoms with Crippen molar-refractivity contribution in [2.45, 2.75) is 18.4 Å². The first-order valence-electron chi connectivity index (χ1n) is 5.32. The number of sulfonamides is 1. The van der Waals surface area contributed by atoms with Crippen molar-refractivity contribution in [3.63, 3.8) is 0 Å². The molecule has 2 fully saturated rings. The topological polar surface area (TPSA) is 58.6 Å². The van der Waals surface area contributed by atoms with Crippen LogP contribution in [0.5, 0.6) is 0 Å². The van der Waals surface area contributed by atoms with Crippen LogP contribution in [0.1, 0.15) is 12.8 Å². The highest BCUT2D eigenvalue weighted by atomic mass is 32.2. The van der Waals surface area contributed by atoms with Crippen LogP contribution in [0.15, 0.2) is 0 Å². The van der Waals surface area contributed by atoms with Gasteiger partial charge < -0.3 is 10.1 Å². The lowest BCUT2D eigenvalue weighted by Gasteiger charge is -2.44. The summed E-state index contributed by atoms with van der Waals surface area (Å²) < 4.78 is 30.2. The van der Waals surface area contributed by atoms with Crippen molar-refractivity contribution in [3.05, 3.63) is 0 Å². The second-order valence-corrected chi connectivity index (χ2v) is 6.39. The summed E-state index contributed by atoms with van der Waals surface area (Å²) in [4.78, 5) is 0. The Labute approximate surface area is 90.8 Å². The molecule has 15 heavy (non-hydrogen) atoms. The fraction of sp³-hybridized carbons (Fsp3) is 1.00. The molecule has 1 spiro atoms. The average Bonchev–Trinajstić information content (AvgIpc) is 2.18. The van der Waals surface area contributed by atoms with Gasteiger partial charge in [0.2, 0.25) is 10.0 Å². The minimum Gasteiger partial charge on any atom is -0.371 e. The summed E-state index contributed by atoms with van der Waals surface area (Å²) >= 11 is 0. The van der Waals surface area contributed by atoms with Crippen molar-refractivity contribution >= 4 is 10.0 Å². The van der Waals surface area contributed by atoms with Gasteiger partial charge in [-0.25, -0.2) is 8.42 Å². The SMILES string of the molecule is CS(=O)(=O)N1CCCC2(CNCCO2)C1. The number of ether oxygens (including phenoxy) is 1. The first-order valence-corrected chi connectivity index (χ1v) is 7.17. The predicted molar refractivity (Wildman–Crippen MR) is 57.2 cm³/mol. The number of hydrogen-bond acceptors (Lipinski definition) is 4. The number of hydrogen-bond donors (Lipinski definition) is 1. The molecule has 0 radical (unpaired) electrons. The molecular weight excluding hydrogens is 216 g/mol. The van der Waals surface area contributed by atoms with E-state index in [4.69, 9.17) is 4.74 Å². The van der Waals surface area contributed by atoms with E-state index < -0.39 is 10.0 Å². The van der Waals surface area contributed by atoms with Gasteiger partial charge in [-0.1, -0.05) is 0 Å². The molecule has 0 aliphatic carbocycles. The minimum atomic E-state index is -3.08. The molecule has 2 aliphatic rings. The molecular formula is C9H18N2O3S. The largest absolute Gasteiger partial charge is 0.371 e. The first kappa shape index (κ1) is 11.3. The van der Waals surface area contributed by atoms with Crippen LogP contribution in [-0.4, -0.2) is 57.4 Å². The number of nitrogens with zero attached hydrogens (tertiary/aromatic N) is 1. The molecule has 6 heteroatoms. The molecule has 0 amide bonds. The van der Waals surface area contributed by atoms with Crippen LogP contribution in [0.25, 0.3) is 0 Å². The summed E-state index contributed by atoms with van der Waals surface area (Å²) in [6, 6.07) is 0. The summed E-state index contributed by atoms with van der Waals surface area (Å²) in [5.41, 5.74) is -0.278. The lowest BCUT2D eigenvalue weighted by Crippen LogP contribution is -2.59. The summed E-state index contributed by atoms with van der Waals surface area (Å²) in [6.07, 6.45) is 3.10. The predicted octanol–water partition coefficient (Wildman–Crippen LogP) is -0.600. The molecule has 0 bridgehead atoms. The Morgan fingerprint density at radius 3 is 2.87 bits per heavy atom. The van der Waals surface area contributed by atoms with E-state index in [-0.39, 0.29) is 5.60 Å². The zero-order valence-electron chi connectivity index (χ0n) is 9.03. The van der Waals surface area contributed by atoms with Crippen LogP contribution in [0, 0.1) is 0 Å². The number of nitrogens with one attached hydrogen (secondary N) is 1. The Kier molecular flexibility index (Phi) is 3.03. The Bertz CT molecular complexity index is 317. The quantitative estimate of drug-likeness (QED) is 0.658. The molecule has 0 aromatic rings. The highest BCUT2D eigenvalue weighted by Gasteiger charge is 2.40. The number of rotatable bonds is 1. The molecule has 88 valence electrons. The van der Waals surface area contributed by atoms with Gasteiger partial charge in [0, 0.05) is 26.2 Å². The van der Waals surface area contributed by atoms with E-state index in [0.29, 0.717) is 19.7 Å². The summed E-state index contributed by atoms with van der Waals surface area (Å²) in [6.45, 7) is 3.43. The van der Waals surface area contributed by atoms with Gasteiger partial charge in [0.1, 0.15) is 0 Å². The number of morpholine rings is 1. The van der Waals surface area contributed by atoms with Gasteiger partial charge in [-0.2, -0.15) is 4.31 Å². The van der Waals surface area contributed by atoms with E-state index >= 15 is 0 Å². The van der Waals surface area contributed by atoms with Gasteiger partial charge in [-0.15, -0.1) is 0 Å². The number of piperidine rings is 1. The summed E-state index contributed by atoms with van der Waals surface area (Å²) in [7, 11) is -3.08. The highest BCUT2D eigenvalue weighted by molar-refractivity contribution is 7.88. The molecule has 1 N–H and O–H groups in total. The van der Waals surface area contributed by atoms with Crippen molar-refractivity contribution in [2.75, 3.05) is 39.0 Å². The van der Waals surface area contributed by atoms with E-state index in [9.17, 15) is 8.42 Å². The third-order valence-corrected chi connectivity index (χ3v) is 4.36. The lowest BCUT2D eigenvalue weighted by atomic mass is 9.93. The molecule has 1 atom stereocenters. The second kappa shape index (κ2) is 4.01. The van der Waals surface area contributed by atoms with Crippen molar-refractivity contribution < 1.29 is 13.2 Å². The molecule has 1 unspecified atom stereocenters. The van der Waals surface area contributed by atoms with E-state index in [2.05, 4.69) is 5.32 Å². The van der Waals surface area contributed by atoms with Crippen molar-refractivity contribution in [1.29, 1.82) is 0 Å².